The molecule has 1 unspecified atom stereocenters. The van der Waals surface area contributed by atoms with Gasteiger partial charge in [-0.25, -0.2) is 0 Å². The molecule has 8 heteroatoms. The zero-order chi connectivity index (χ0) is 17.1. The van der Waals surface area contributed by atoms with E-state index in [2.05, 4.69) is 5.32 Å². The van der Waals surface area contributed by atoms with Crippen molar-refractivity contribution in [3.63, 3.8) is 0 Å². The van der Waals surface area contributed by atoms with E-state index in [1.54, 1.807) is 20.8 Å². The molecule has 1 amide bonds. The van der Waals surface area contributed by atoms with Crippen LogP contribution in [0.1, 0.15) is 37.6 Å². The van der Waals surface area contributed by atoms with Crippen LogP contribution >= 0.6 is 11.6 Å². The zero-order valence-electron chi connectivity index (χ0n) is 12.4. The first-order valence-corrected chi connectivity index (χ1v) is 6.93. The van der Waals surface area contributed by atoms with Gasteiger partial charge in [0.15, 0.2) is 0 Å². The lowest BCUT2D eigenvalue weighted by Crippen LogP contribution is -2.51. The van der Waals surface area contributed by atoms with Crippen LogP contribution in [0.15, 0.2) is 18.2 Å². The molecule has 1 rings (SSSR count). The molecule has 0 spiro atoms. The second kappa shape index (κ2) is 6.74. The van der Waals surface area contributed by atoms with Gasteiger partial charge < -0.3 is 10.4 Å². The molecular weight excluding hydrogens is 312 g/mol. The number of nitrogens with zero attached hydrogens (tertiary/aromatic N) is 1. The Kier molecular flexibility index (Phi) is 5.48. The van der Waals surface area contributed by atoms with Crippen molar-refractivity contribution in [2.24, 2.45) is 5.92 Å². The van der Waals surface area contributed by atoms with Gasteiger partial charge in [-0.3, -0.25) is 19.7 Å². The van der Waals surface area contributed by atoms with Gasteiger partial charge in [-0.2, -0.15) is 0 Å². The number of carbonyl (C=O) groups excluding carboxylic acids is 1. The predicted octanol–water partition coefficient (Wildman–Crippen LogP) is 2.87. The lowest BCUT2D eigenvalue weighted by Gasteiger charge is -2.33. The minimum absolute atomic E-state index is 0.0598. The van der Waals surface area contributed by atoms with E-state index in [9.17, 15) is 19.7 Å². The van der Waals surface area contributed by atoms with Crippen molar-refractivity contribution < 1.29 is 19.6 Å². The van der Waals surface area contributed by atoms with Crippen LogP contribution in [0.25, 0.3) is 0 Å². The van der Waals surface area contributed by atoms with Crippen molar-refractivity contribution in [2.75, 3.05) is 0 Å². The fraction of sp³-hybridized carbons (Fsp3) is 0.429. The highest BCUT2D eigenvalue weighted by Crippen LogP contribution is 2.25. The number of amides is 1. The van der Waals surface area contributed by atoms with Crippen LogP contribution in [-0.4, -0.2) is 27.4 Å². The number of non-ortho nitro benzene ring substituents is 1. The van der Waals surface area contributed by atoms with Gasteiger partial charge in [0.2, 0.25) is 0 Å². The molecule has 22 heavy (non-hydrogen) atoms. The molecule has 1 aromatic carbocycles. The van der Waals surface area contributed by atoms with Crippen LogP contribution < -0.4 is 5.32 Å². The SMILES string of the molecule is CC(C)C(C)(CC(=O)O)NC(=O)c1ccc([N+](=O)[O-])cc1Cl. The number of halogens is 1. The molecule has 0 aromatic heterocycles. The highest BCUT2D eigenvalue weighted by Gasteiger charge is 2.33. The minimum Gasteiger partial charge on any atom is -0.481 e. The Morgan fingerprint density at radius 1 is 1.45 bits per heavy atom. The maximum absolute atomic E-state index is 12.3. The zero-order valence-corrected chi connectivity index (χ0v) is 13.2. The number of rotatable bonds is 6. The molecule has 7 nitrogen and oxygen atoms in total. The molecule has 0 fully saturated rings. The third-order valence-corrected chi connectivity index (χ3v) is 3.91. The third kappa shape index (κ3) is 4.17. The number of hydrogen-bond acceptors (Lipinski definition) is 4. The van der Waals surface area contributed by atoms with E-state index in [1.165, 1.54) is 12.1 Å². The fourth-order valence-electron chi connectivity index (χ4n) is 1.84. The molecule has 0 aliphatic carbocycles. The van der Waals surface area contributed by atoms with Crippen molar-refractivity contribution in [3.8, 4) is 0 Å². The number of carboxylic acids is 1. The van der Waals surface area contributed by atoms with Crippen molar-refractivity contribution in [3.05, 3.63) is 38.9 Å². The summed E-state index contributed by atoms with van der Waals surface area (Å²) < 4.78 is 0. The first kappa shape index (κ1) is 17.9. The monoisotopic (exact) mass is 328 g/mol. The molecule has 0 saturated heterocycles. The van der Waals surface area contributed by atoms with Gasteiger partial charge in [0, 0.05) is 12.1 Å². The number of carbonyl (C=O) groups is 2. The standard InChI is InChI=1S/C14H17ClN2O5/c1-8(2)14(3,7-12(18)19)16-13(20)10-5-4-9(17(21)22)6-11(10)15/h4-6,8H,7H2,1-3H3,(H,16,20)(H,18,19). The van der Waals surface area contributed by atoms with Gasteiger partial charge in [-0.15, -0.1) is 0 Å². The predicted molar refractivity (Wildman–Crippen MR) is 81.1 cm³/mol. The first-order chi connectivity index (χ1) is 10.1. The summed E-state index contributed by atoms with van der Waals surface area (Å²) in [4.78, 5) is 33.3. The van der Waals surface area contributed by atoms with E-state index in [0.717, 1.165) is 6.07 Å². The Morgan fingerprint density at radius 3 is 2.45 bits per heavy atom. The Hall–Kier alpha value is -2.15. The van der Waals surface area contributed by atoms with E-state index in [1.807, 2.05) is 0 Å². The average molecular weight is 329 g/mol. The largest absolute Gasteiger partial charge is 0.481 e. The highest BCUT2D eigenvalue weighted by atomic mass is 35.5. The molecular formula is C14H17ClN2O5. The van der Waals surface area contributed by atoms with Gasteiger partial charge in [0.1, 0.15) is 0 Å². The Morgan fingerprint density at radius 2 is 2.05 bits per heavy atom. The number of carboxylic acid groups (broad SMARTS) is 1. The van der Waals surface area contributed by atoms with Gasteiger partial charge in [0.05, 0.1) is 27.5 Å². The summed E-state index contributed by atoms with van der Waals surface area (Å²) in [6, 6.07) is 3.50. The lowest BCUT2D eigenvalue weighted by atomic mass is 9.85. The number of nitro groups is 1. The summed E-state index contributed by atoms with van der Waals surface area (Å²) in [5.74, 6) is -1.74. The Balaban J connectivity index is 3.05. The molecule has 1 atom stereocenters. The van der Waals surface area contributed by atoms with E-state index >= 15 is 0 Å². The smallest absolute Gasteiger partial charge is 0.305 e. The Labute approximate surface area is 132 Å². The summed E-state index contributed by atoms with van der Waals surface area (Å²) in [7, 11) is 0. The Bertz CT molecular complexity index is 617. The van der Waals surface area contributed by atoms with Crippen LogP contribution in [0, 0.1) is 16.0 Å². The number of nitro benzene ring substituents is 1. The lowest BCUT2D eigenvalue weighted by molar-refractivity contribution is -0.384. The van der Waals surface area contributed by atoms with Gasteiger partial charge in [-0.1, -0.05) is 25.4 Å². The van der Waals surface area contributed by atoms with E-state index in [-0.39, 0.29) is 28.6 Å². The molecule has 2 N–H and O–H groups in total. The van der Waals surface area contributed by atoms with Crippen molar-refractivity contribution in [1.29, 1.82) is 0 Å². The van der Waals surface area contributed by atoms with Gasteiger partial charge >= 0.3 is 5.97 Å². The number of hydrogen-bond donors (Lipinski definition) is 2. The van der Waals surface area contributed by atoms with E-state index in [4.69, 9.17) is 16.7 Å². The van der Waals surface area contributed by atoms with Gasteiger partial charge in [-0.05, 0) is 18.9 Å². The fourth-order valence-corrected chi connectivity index (χ4v) is 2.10. The summed E-state index contributed by atoms with van der Waals surface area (Å²) in [6.45, 7) is 5.21. The van der Waals surface area contributed by atoms with Crippen molar-refractivity contribution in [1.82, 2.24) is 5.32 Å². The number of benzene rings is 1. The summed E-state index contributed by atoms with van der Waals surface area (Å²) in [5.41, 5.74) is -1.13. The molecule has 1 aromatic rings. The molecule has 120 valence electrons. The van der Waals surface area contributed by atoms with E-state index in [0.29, 0.717) is 0 Å². The van der Waals surface area contributed by atoms with E-state index < -0.39 is 22.3 Å². The number of aliphatic carboxylic acids is 1. The number of nitrogens with one attached hydrogen (secondary N) is 1. The first-order valence-electron chi connectivity index (χ1n) is 6.55. The molecule has 0 heterocycles. The summed E-state index contributed by atoms with van der Waals surface area (Å²) in [5, 5.41) is 22.2. The third-order valence-electron chi connectivity index (χ3n) is 3.60. The minimum atomic E-state index is -1.04. The normalized spacial score (nSPS) is 13.5. The molecule has 0 aliphatic rings. The molecule has 0 bridgehead atoms. The van der Waals surface area contributed by atoms with Crippen LogP contribution in [0.2, 0.25) is 5.02 Å². The van der Waals surface area contributed by atoms with Crippen molar-refractivity contribution in [2.45, 2.75) is 32.7 Å². The molecule has 0 saturated carbocycles. The second-order valence-electron chi connectivity index (χ2n) is 5.52. The maximum Gasteiger partial charge on any atom is 0.305 e. The molecule has 0 radical (unpaired) electrons. The van der Waals surface area contributed by atoms with Crippen LogP contribution in [0.3, 0.4) is 0 Å². The summed E-state index contributed by atoms with van der Waals surface area (Å²) in [6.07, 6.45) is -0.249. The second-order valence-corrected chi connectivity index (χ2v) is 5.93. The van der Waals surface area contributed by atoms with Crippen LogP contribution in [0.5, 0.6) is 0 Å². The molecule has 0 aliphatic heterocycles. The topological polar surface area (TPSA) is 110 Å². The average Bonchev–Trinajstić information content (AvgIpc) is 2.36. The van der Waals surface area contributed by atoms with Crippen molar-refractivity contribution >= 4 is 29.2 Å². The van der Waals surface area contributed by atoms with Crippen LogP contribution in [0.4, 0.5) is 5.69 Å². The van der Waals surface area contributed by atoms with Crippen LogP contribution in [-0.2, 0) is 4.79 Å². The highest BCUT2D eigenvalue weighted by molar-refractivity contribution is 6.34. The quantitative estimate of drug-likeness (QED) is 0.616. The van der Waals surface area contributed by atoms with Gasteiger partial charge in [0.25, 0.3) is 11.6 Å². The maximum atomic E-state index is 12.3. The summed E-state index contributed by atoms with van der Waals surface area (Å²) >= 11 is 5.90.